The molecule has 1 atom stereocenters. The van der Waals surface area contributed by atoms with E-state index in [1.165, 1.54) is 6.07 Å². The van der Waals surface area contributed by atoms with Crippen molar-refractivity contribution >= 4 is 5.91 Å². The van der Waals surface area contributed by atoms with Crippen molar-refractivity contribution in [1.29, 1.82) is 0 Å². The average Bonchev–Trinajstić information content (AvgIpc) is 3.12. The third-order valence-corrected chi connectivity index (χ3v) is 4.65. The van der Waals surface area contributed by atoms with E-state index in [2.05, 4.69) is 0 Å². The van der Waals surface area contributed by atoms with E-state index < -0.39 is 11.6 Å². The molecule has 2 aromatic rings. The molecule has 1 aliphatic rings. The van der Waals surface area contributed by atoms with Crippen molar-refractivity contribution in [2.75, 3.05) is 19.7 Å². The van der Waals surface area contributed by atoms with Gasteiger partial charge in [-0.1, -0.05) is 24.3 Å². The summed E-state index contributed by atoms with van der Waals surface area (Å²) in [6.45, 7) is 0.995. The Bertz CT molecular complexity index is 764. The van der Waals surface area contributed by atoms with E-state index in [0.29, 0.717) is 30.8 Å². The molecule has 1 N–H and O–H groups in total. The average molecular weight is 361 g/mol. The van der Waals surface area contributed by atoms with Gasteiger partial charge in [0.15, 0.2) is 18.2 Å². The van der Waals surface area contributed by atoms with E-state index in [9.17, 15) is 13.6 Å². The number of carbonyl (C=O) groups excluding carboxylic acids is 1. The molecule has 1 aliphatic heterocycles. The van der Waals surface area contributed by atoms with Crippen LogP contribution in [-0.4, -0.2) is 35.6 Å². The molecule has 0 radical (unpaired) electrons. The summed E-state index contributed by atoms with van der Waals surface area (Å²) in [5.41, 5.74) is 1.13. The molecule has 0 aliphatic carbocycles. The first-order valence-electron chi connectivity index (χ1n) is 8.60. The second-order valence-corrected chi connectivity index (χ2v) is 6.50. The molecule has 26 heavy (non-hydrogen) atoms. The summed E-state index contributed by atoms with van der Waals surface area (Å²) in [6, 6.07) is 11.1. The van der Waals surface area contributed by atoms with Crippen molar-refractivity contribution in [2.45, 2.75) is 19.4 Å². The summed E-state index contributed by atoms with van der Waals surface area (Å²) in [5.74, 6) is -1.09. The zero-order chi connectivity index (χ0) is 18.5. The predicted molar refractivity (Wildman–Crippen MR) is 92.6 cm³/mol. The fraction of sp³-hybridized carbons (Fsp3) is 0.350. The van der Waals surface area contributed by atoms with E-state index in [4.69, 9.17) is 9.84 Å². The molecule has 1 fully saturated rings. The second kappa shape index (κ2) is 8.27. The van der Waals surface area contributed by atoms with Gasteiger partial charge >= 0.3 is 0 Å². The lowest BCUT2D eigenvalue weighted by molar-refractivity contribution is -0.132. The lowest BCUT2D eigenvalue weighted by Gasteiger charge is -2.17. The third kappa shape index (κ3) is 4.38. The third-order valence-electron chi connectivity index (χ3n) is 4.65. The second-order valence-electron chi connectivity index (χ2n) is 6.50. The van der Waals surface area contributed by atoms with Crippen LogP contribution in [0.5, 0.6) is 5.75 Å². The van der Waals surface area contributed by atoms with Gasteiger partial charge in [-0.2, -0.15) is 0 Å². The molecule has 1 amide bonds. The van der Waals surface area contributed by atoms with Crippen molar-refractivity contribution in [1.82, 2.24) is 4.90 Å². The lowest BCUT2D eigenvalue weighted by Crippen LogP contribution is -2.33. The van der Waals surface area contributed by atoms with Crippen LogP contribution in [0.15, 0.2) is 42.5 Å². The van der Waals surface area contributed by atoms with Gasteiger partial charge in [-0.3, -0.25) is 4.79 Å². The Morgan fingerprint density at radius 1 is 1.19 bits per heavy atom. The number of benzene rings is 2. The lowest BCUT2D eigenvalue weighted by atomic mass is 9.98. The van der Waals surface area contributed by atoms with Crippen molar-refractivity contribution in [3.63, 3.8) is 0 Å². The number of aliphatic hydroxyl groups excluding tert-OH is 1. The molecule has 0 spiro atoms. The smallest absolute Gasteiger partial charge is 0.260 e. The van der Waals surface area contributed by atoms with Crippen LogP contribution in [0.3, 0.4) is 0 Å². The van der Waals surface area contributed by atoms with Crippen LogP contribution < -0.4 is 4.74 Å². The fourth-order valence-electron chi connectivity index (χ4n) is 3.17. The minimum atomic E-state index is -0.839. The van der Waals surface area contributed by atoms with E-state index in [0.717, 1.165) is 18.1 Å². The number of likely N-dealkylation sites (tertiary alicyclic amines) is 1. The molecule has 0 bridgehead atoms. The van der Waals surface area contributed by atoms with E-state index in [1.54, 1.807) is 35.2 Å². The van der Waals surface area contributed by atoms with Gasteiger partial charge in [0.25, 0.3) is 5.91 Å². The van der Waals surface area contributed by atoms with Crippen LogP contribution in [0, 0.1) is 17.6 Å². The zero-order valence-electron chi connectivity index (χ0n) is 14.3. The van der Waals surface area contributed by atoms with Gasteiger partial charge in [-0.05, 0) is 48.1 Å². The van der Waals surface area contributed by atoms with Gasteiger partial charge in [0.1, 0.15) is 5.75 Å². The molecule has 1 heterocycles. The Kier molecular flexibility index (Phi) is 5.83. The monoisotopic (exact) mass is 361 g/mol. The normalized spacial score (nSPS) is 16.7. The van der Waals surface area contributed by atoms with E-state index >= 15 is 0 Å². The van der Waals surface area contributed by atoms with Crippen LogP contribution >= 0.6 is 0 Å². The molecule has 0 aromatic heterocycles. The van der Waals surface area contributed by atoms with Crippen LogP contribution in [0.2, 0.25) is 0 Å². The first kappa shape index (κ1) is 18.3. The summed E-state index contributed by atoms with van der Waals surface area (Å²) in [4.78, 5) is 14.0. The fourth-order valence-corrected chi connectivity index (χ4v) is 3.17. The number of rotatable bonds is 6. The first-order valence-corrected chi connectivity index (χ1v) is 8.60. The number of nitrogens with zero attached hydrogens (tertiary/aromatic N) is 1. The SMILES string of the molecule is O=C(COc1ccc(CO)cc1)N1CCC(Cc2cccc(F)c2F)C1. The summed E-state index contributed by atoms with van der Waals surface area (Å²) in [6.07, 6.45) is 1.17. The molecule has 0 saturated carbocycles. The quantitative estimate of drug-likeness (QED) is 0.861. The van der Waals surface area contributed by atoms with Crippen molar-refractivity contribution in [2.24, 2.45) is 5.92 Å². The number of ether oxygens (including phenoxy) is 1. The largest absolute Gasteiger partial charge is 0.484 e. The van der Waals surface area contributed by atoms with Crippen molar-refractivity contribution < 1.29 is 23.4 Å². The molecule has 1 saturated heterocycles. The summed E-state index contributed by atoms with van der Waals surface area (Å²) < 4.78 is 32.6. The van der Waals surface area contributed by atoms with Gasteiger partial charge in [-0.15, -0.1) is 0 Å². The number of halogens is 2. The first-order chi connectivity index (χ1) is 12.6. The number of amides is 1. The van der Waals surface area contributed by atoms with Crippen LogP contribution in [0.4, 0.5) is 8.78 Å². The van der Waals surface area contributed by atoms with Crippen molar-refractivity contribution in [3.8, 4) is 5.75 Å². The van der Waals surface area contributed by atoms with Gasteiger partial charge in [0.05, 0.1) is 6.61 Å². The van der Waals surface area contributed by atoms with Crippen LogP contribution in [-0.2, 0) is 17.8 Å². The standard InChI is InChI=1S/C20H21F2NO3/c21-18-3-1-2-16(20(18)22)10-15-8-9-23(11-15)19(25)13-26-17-6-4-14(12-24)5-7-17/h1-7,15,24H,8-13H2. The summed E-state index contributed by atoms with van der Waals surface area (Å²) in [7, 11) is 0. The summed E-state index contributed by atoms with van der Waals surface area (Å²) in [5, 5.41) is 9.01. The Labute approximate surface area is 151 Å². The Morgan fingerprint density at radius 2 is 1.96 bits per heavy atom. The highest BCUT2D eigenvalue weighted by Crippen LogP contribution is 2.23. The maximum Gasteiger partial charge on any atom is 0.260 e. The molecule has 4 nitrogen and oxygen atoms in total. The van der Waals surface area contributed by atoms with Crippen LogP contribution in [0.1, 0.15) is 17.5 Å². The number of hydrogen-bond donors (Lipinski definition) is 1. The number of carbonyl (C=O) groups is 1. The van der Waals surface area contributed by atoms with Gasteiger partial charge in [0.2, 0.25) is 0 Å². The highest BCUT2D eigenvalue weighted by Gasteiger charge is 2.27. The zero-order valence-corrected chi connectivity index (χ0v) is 14.3. The topological polar surface area (TPSA) is 49.8 Å². The van der Waals surface area contributed by atoms with Gasteiger partial charge in [0, 0.05) is 13.1 Å². The van der Waals surface area contributed by atoms with Crippen LogP contribution in [0.25, 0.3) is 0 Å². The Balaban J connectivity index is 1.49. The molecule has 1 unspecified atom stereocenters. The highest BCUT2D eigenvalue weighted by molar-refractivity contribution is 5.78. The molecule has 6 heteroatoms. The molecule has 138 valence electrons. The predicted octanol–water partition coefficient (Wildman–Crippen LogP) is 2.93. The minimum absolute atomic E-state index is 0.0414. The minimum Gasteiger partial charge on any atom is -0.484 e. The Hall–Kier alpha value is -2.47. The summed E-state index contributed by atoms with van der Waals surface area (Å²) >= 11 is 0. The molecule has 2 aromatic carbocycles. The molecular formula is C20H21F2NO3. The molecular weight excluding hydrogens is 340 g/mol. The van der Waals surface area contributed by atoms with Gasteiger partial charge < -0.3 is 14.7 Å². The van der Waals surface area contributed by atoms with Gasteiger partial charge in [-0.25, -0.2) is 8.78 Å². The van der Waals surface area contributed by atoms with E-state index in [1.807, 2.05) is 0 Å². The Morgan fingerprint density at radius 3 is 2.69 bits per heavy atom. The van der Waals surface area contributed by atoms with Crippen molar-refractivity contribution in [3.05, 3.63) is 65.2 Å². The number of hydrogen-bond acceptors (Lipinski definition) is 3. The maximum absolute atomic E-state index is 13.8. The molecule has 3 rings (SSSR count). The maximum atomic E-state index is 13.8. The number of aliphatic hydroxyl groups is 1. The van der Waals surface area contributed by atoms with E-state index in [-0.39, 0.29) is 25.0 Å². The highest BCUT2D eigenvalue weighted by atomic mass is 19.2.